The topological polar surface area (TPSA) is 65.1 Å². The van der Waals surface area contributed by atoms with Crippen molar-refractivity contribution in [1.29, 1.82) is 0 Å². The monoisotopic (exact) mass is 208 g/mol. The highest BCUT2D eigenvalue weighted by Gasteiger charge is 2.19. The molecule has 2 N–H and O–H groups in total. The smallest absolute Gasteiger partial charge is 0.263 e. The lowest BCUT2D eigenvalue weighted by molar-refractivity contribution is 0.0998. The molecule has 0 aliphatic heterocycles. The van der Waals surface area contributed by atoms with Crippen molar-refractivity contribution in [2.45, 2.75) is 26.2 Å². The first kappa shape index (κ1) is 11.5. The van der Waals surface area contributed by atoms with E-state index in [1.165, 1.54) is 10.6 Å². The number of rotatable bonds is 1. The Balaban J connectivity index is 3.48. The lowest BCUT2D eigenvalue weighted by Gasteiger charge is -2.22. The molecule has 1 aromatic rings. The van der Waals surface area contributed by atoms with E-state index >= 15 is 0 Å². The SMILES string of the molecule is Cn1c(C(C)(C)C)ccc(C(N)=O)c1=O. The van der Waals surface area contributed by atoms with Gasteiger partial charge in [-0.2, -0.15) is 0 Å². The van der Waals surface area contributed by atoms with Gasteiger partial charge in [-0.1, -0.05) is 20.8 Å². The summed E-state index contributed by atoms with van der Waals surface area (Å²) in [4.78, 5) is 22.7. The molecule has 0 saturated heterocycles. The molecule has 82 valence electrons. The molecule has 1 amide bonds. The maximum atomic E-state index is 11.7. The highest BCUT2D eigenvalue weighted by atomic mass is 16.2. The zero-order chi connectivity index (χ0) is 11.8. The van der Waals surface area contributed by atoms with E-state index in [9.17, 15) is 9.59 Å². The van der Waals surface area contributed by atoms with E-state index in [4.69, 9.17) is 5.73 Å². The number of nitrogens with two attached hydrogens (primary N) is 1. The number of carbonyl (C=O) groups excluding carboxylic acids is 1. The van der Waals surface area contributed by atoms with Gasteiger partial charge in [0.1, 0.15) is 5.56 Å². The highest BCUT2D eigenvalue weighted by Crippen LogP contribution is 2.20. The van der Waals surface area contributed by atoms with E-state index < -0.39 is 5.91 Å². The largest absolute Gasteiger partial charge is 0.365 e. The average Bonchev–Trinajstić information content (AvgIpc) is 2.06. The first-order valence-corrected chi connectivity index (χ1v) is 4.75. The van der Waals surface area contributed by atoms with Gasteiger partial charge in [-0.3, -0.25) is 9.59 Å². The minimum atomic E-state index is -0.684. The molecule has 0 spiro atoms. The van der Waals surface area contributed by atoms with E-state index in [-0.39, 0.29) is 16.5 Å². The molecule has 0 fully saturated rings. The Morgan fingerprint density at radius 2 is 1.87 bits per heavy atom. The normalized spacial score (nSPS) is 11.5. The Kier molecular flexibility index (Phi) is 2.71. The van der Waals surface area contributed by atoms with Crippen LogP contribution in [-0.4, -0.2) is 10.5 Å². The van der Waals surface area contributed by atoms with Crippen LogP contribution in [0.2, 0.25) is 0 Å². The van der Waals surface area contributed by atoms with Crippen LogP contribution in [0, 0.1) is 0 Å². The van der Waals surface area contributed by atoms with Crippen molar-refractivity contribution in [3.8, 4) is 0 Å². The van der Waals surface area contributed by atoms with Crippen LogP contribution in [0.15, 0.2) is 16.9 Å². The van der Waals surface area contributed by atoms with Crippen LogP contribution in [0.4, 0.5) is 0 Å². The molecule has 15 heavy (non-hydrogen) atoms. The third-order valence-corrected chi connectivity index (χ3v) is 2.34. The second-order valence-corrected chi connectivity index (χ2v) is 4.61. The third-order valence-electron chi connectivity index (χ3n) is 2.34. The molecule has 1 aromatic heterocycles. The van der Waals surface area contributed by atoms with Crippen LogP contribution in [0.1, 0.15) is 36.8 Å². The predicted molar refractivity (Wildman–Crippen MR) is 58.9 cm³/mol. The van der Waals surface area contributed by atoms with Crippen LogP contribution in [0.3, 0.4) is 0 Å². The van der Waals surface area contributed by atoms with Crippen LogP contribution in [0.5, 0.6) is 0 Å². The van der Waals surface area contributed by atoms with Gasteiger partial charge >= 0.3 is 0 Å². The van der Waals surface area contributed by atoms with Crippen LogP contribution >= 0.6 is 0 Å². The minimum absolute atomic E-state index is 0.0329. The molecular weight excluding hydrogens is 192 g/mol. The molecule has 1 heterocycles. The van der Waals surface area contributed by atoms with Gasteiger partial charge in [0.2, 0.25) is 0 Å². The summed E-state index contributed by atoms with van der Waals surface area (Å²) < 4.78 is 1.47. The highest BCUT2D eigenvalue weighted by molar-refractivity contribution is 5.92. The van der Waals surface area contributed by atoms with E-state index in [0.29, 0.717) is 0 Å². The fourth-order valence-corrected chi connectivity index (χ4v) is 1.58. The number of hydrogen-bond donors (Lipinski definition) is 1. The molecule has 0 unspecified atom stereocenters. The van der Waals surface area contributed by atoms with Gasteiger partial charge in [-0.15, -0.1) is 0 Å². The van der Waals surface area contributed by atoms with Gasteiger partial charge < -0.3 is 10.3 Å². The molecule has 1 rings (SSSR count). The number of hydrogen-bond acceptors (Lipinski definition) is 2. The van der Waals surface area contributed by atoms with Crippen molar-refractivity contribution in [2.75, 3.05) is 0 Å². The second-order valence-electron chi connectivity index (χ2n) is 4.61. The second kappa shape index (κ2) is 3.53. The summed E-state index contributed by atoms with van der Waals surface area (Å²) in [5, 5.41) is 0. The molecule has 4 nitrogen and oxygen atoms in total. The standard InChI is InChI=1S/C11H16N2O2/c1-11(2,3)8-6-5-7(9(12)14)10(15)13(8)4/h5-6H,1-4H3,(H2,12,14). The summed E-state index contributed by atoms with van der Waals surface area (Å²) in [6.07, 6.45) is 0. The predicted octanol–water partition coefficient (Wildman–Crippen LogP) is 0.782. The summed E-state index contributed by atoms with van der Waals surface area (Å²) in [5.74, 6) is -0.684. The van der Waals surface area contributed by atoms with Crippen LogP contribution in [-0.2, 0) is 12.5 Å². The molecule has 4 heteroatoms. The van der Waals surface area contributed by atoms with Crippen molar-refractivity contribution < 1.29 is 4.79 Å². The van der Waals surface area contributed by atoms with Crippen molar-refractivity contribution in [3.63, 3.8) is 0 Å². The van der Waals surface area contributed by atoms with Gasteiger partial charge in [-0.25, -0.2) is 0 Å². The minimum Gasteiger partial charge on any atom is -0.365 e. The maximum absolute atomic E-state index is 11.7. The van der Waals surface area contributed by atoms with Crippen LogP contribution in [0.25, 0.3) is 0 Å². The lowest BCUT2D eigenvalue weighted by atomic mass is 9.91. The maximum Gasteiger partial charge on any atom is 0.263 e. The van der Waals surface area contributed by atoms with Crippen LogP contribution < -0.4 is 11.3 Å². The molecule has 0 bridgehead atoms. The Morgan fingerprint density at radius 3 is 2.27 bits per heavy atom. The van der Waals surface area contributed by atoms with Crippen molar-refractivity contribution in [2.24, 2.45) is 12.8 Å². The quantitative estimate of drug-likeness (QED) is 0.741. The van der Waals surface area contributed by atoms with Crippen molar-refractivity contribution in [3.05, 3.63) is 33.7 Å². The van der Waals surface area contributed by atoms with Gasteiger partial charge in [0.25, 0.3) is 11.5 Å². The van der Waals surface area contributed by atoms with E-state index in [2.05, 4.69) is 0 Å². The first-order chi connectivity index (χ1) is 6.75. The van der Waals surface area contributed by atoms with Crippen molar-refractivity contribution >= 4 is 5.91 Å². The molecule has 0 aliphatic carbocycles. The molecule has 0 atom stereocenters. The average molecular weight is 208 g/mol. The number of primary amides is 1. The summed E-state index contributed by atoms with van der Waals surface area (Å²) in [7, 11) is 1.65. The Hall–Kier alpha value is -1.58. The number of aromatic nitrogens is 1. The molecular formula is C11H16N2O2. The van der Waals surface area contributed by atoms with E-state index in [0.717, 1.165) is 5.69 Å². The number of nitrogens with zero attached hydrogens (tertiary/aromatic N) is 1. The zero-order valence-electron chi connectivity index (χ0n) is 9.50. The number of carbonyl (C=O) groups is 1. The fourth-order valence-electron chi connectivity index (χ4n) is 1.58. The van der Waals surface area contributed by atoms with Gasteiger partial charge in [0.15, 0.2) is 0 Å². The Morgan fingerprint density at radius 1 is 1.33 bits per heavy atom. The van der Waals surface area contributed by atoms with E-state index in [1.807, 2.05) is 20.8 Å². The molecule has 0 saturated carbocycles. The van der Waals surface area contributed by atoms with Gasteiger partial charge in [0.05, 0.1) is 0 Å². The van der Waals surface area contributed by atoms with Crippen molar-refractivity contribution in [1.82, 2.24) is 4.57 Å². The van der Waals surface area contributed by atoms with Gasteiger partial charge in [0, 0.05) is 18.2 Å². The molecule has 0 aliphatic rings. The molecule has 0 radical (unpaired) electrons. The summed E-state index contributed by atoms with van der Waals surface area (Å²) in [6, 6.07) is 3.26. The summed E-state index contributed by atoms with van der Waals surface area (Å²) in [5.41, 5.74) is 5.52. The first-order valence-electron chi connectivity index (χ1n) is 4.75. The third kappa shape index (κ3) is 2.09. The van der Waals surface area contributed by atoms with Gasteiger partial charge in [-0.05, 0) is 12.1 Å². The molecule has 0 aromatic carbocycles. The number of amides is 1. The fraction of sp³-hybridized carbons (Fsp3) is 0.455. The Bertz CT molecular complexity index is 453. The van der Waals surface area contributed by atoms with E-state index in [1.54, 1.807) is 13.1 Å². The lowest BCUT2D eigenvalue weighted by Crippen LogP contribution is -2.32. The Labute approximate surface area is 88.7 Å². The summed E-state index contributed by atoms with van der Waals surface area (Å²) >= 11 is 0. The number of pyridine rings is 1. The summed E-state index contributed by atoms with van der Waals surface area (Å²) in [6.45, 7) is 6.02. The zero-order valence-corrected chi connectivity index (χ0v) is 9.50.